The van der Waals surface area contributed by atoms with Gasteiger partial charge in [-0.1, -0.05) is 30.3 Å². The molecule has 1 aromatic carbocycles. The number of aliphatic hydroxyl groups is 1. The minimum atomic E-state index is -0.745. The molecule has 0 unspecified atom stereocenters. The van der Waals surface area contributed by atoms with Crippen LogP contribution in [-0.2, 0) is 25.6 Å². The molecule has 0 fully saturated rings. The molecule has 0 atom stereocenters. The van der Waals surface area contributed by atoms with Crippen LogP contribution >= 0.6 is 0 Å². The number of carbonyl (C=O) groups is 2. The first kappa shape index (κ1) is 21.9. The zero-order chi connectivity index (χ0) is 19.4. The minimum Gasteiger partial charge on any atom is -0.460 e. The lowest BCUT2D eigenvalue weighted by molar-refractivity contribution is -0.155. The van der Waals surface area contributed by atoms with Crippen molar-refractivity contribution in [1.82, 2.24) is 4.90 Å². The minimum absolute atomic E-state index is 0.0488. The lowest BCUT2D eigenvalue weighted by atomic mass is 10.2. The van der Waals surface area contributed by atoms with E-state index in [-0.39, 0.29) is 32.2 Å². The van der Waals surface area contributed by atoms with Gasteiger partial charge in [0.2, 0.25) is 0 Å². The number of aliphatic hydroxyl groups excluding tert-OH is 1. The van der Waals surface area contributed by atoms with Gasteiger partial charge in [0.1, 0.15) is 18.8 Å². The van der Waals surface area contributed by atoms with Crippen LogP contribution in [0.4, 0.5) is 4.79 Å². The summed E-state index contributed by atoms with van der Waals surface area (Å²) in [7, 11) is 0. The number of esters is 1. The molecule has 7 heteroatoms. The van der Waals surface area contributed by atoms with Gasteiger partial charge in [0.25, 0.3) is 0 Å². The van der Waals surface area contributed by atoms with Gasteiger partial charge in [0.15, 0.2) is 0 Å². The monoisotopic (exact) mass is 367 g/mol. The second kappa shape index (κ2) is 11.5. The molecule has 0 radical (unpaired) electrons. The second-order valence-electron chi connectivity index (χ2n) is 6.77. The van der Waals surface area contributed by atoms with Gasteiger partial charge in [-0.05, 0) is 26.3 Å². The van der Waals surface area contributed by atoms with Crippen LogP contribution in [-0.4, -0.2) is 60.6 Å². The van der Waals surface area contributed by atoms with Crippen molar-refractivity contribution in [2.24, 2.45) is 0 Å². The van der Waals surface area contributed by atoms with Gasteiger partial charge in [-0.3, -0.25) is 9.69 Å². The normalized spacial score (nSPS) is 11.3. The van der Waals surface area contributed by atoms with Crippen LogP contribution < -0.4 is 0 Å². The molecule has 0 saturated carbocycles. The fourth-order valence-corrected chi connectivity index (χ4v) is 2.14. The van der Waals surface area contributed by atoms with E-state index in [2.05, 4.69) is 0 Å². The van der Waals surface area contributed by atoms with Gasteiger partial charge in [-0.2, -0.15) is 0 Å². The molecule has 0 amide bonds. The van der Waals surface area contributed by atoms with Crippen molar-refractivity contribution in [3.8, 4) is 0 Å². The molecule has 1 N–H and O–H groups in total. The Hall–Kier alpha value is -2.12. The summed E-state index contributed by atoms with van der Waals surface area (Å²) in [6.45, 7) is 6.84. The molecule has 0 aliphatic heterocycles. The summed E-state index contributed by atoms with van der Waals surface area (Å²) in [6.07, 6.45) is -0.541. The highest BCUT2D eigenvalue weighted by Gasteiger charge is 2.17. The first-order valence-corrected chi connectivity index (χ1v) is 8.68. The maximum absolute atomic E-state index is 11.8. The van der Waals surface area contributed by atoms with Crippen molar-refractivity contribution in [2.45, 2.75) is 39.4 Å². The van der Waals surface area contributed by atoms with Crippen LogP contribution in [0.2, 0.25) is 0 Å². The number of benzene rings is 1. The number of carbonyl (C=O) groups excluding carboxylic acids is 2. The quantitative estimate of drug-likeness (QED) is 0.635. The predicted octanol–water partition coefficient (Wildman–Crippen LogP) is 2.37. The lowest BCUT2D eigenvalue weighted by Crippen LogP contribution is -2.34. The molecular formula is C19H29NO6. The topological polar surface area (TPSA) is 85.3 Å². The fraction of sp³-hybridized carbons (Fsp3) is 0.579. The molecule has 0 aliphatic rings. The Kier molecular flexibility index (Phi) is 9.69. The summed E-state index contributed by atoms with van der Waals surface area (Å²) in [6, 6.07) is 9.32. The van der Waals surface area contributed by atoms with Crippen molar-refractivity contribution in [2.75, 3.05) is 32.8 Å². The van der Waals surface area contributed by atoms with Crippen molar-refractivity contribution >= 4 is 12.1 Å². The summed E-state index contributed by atoms with van der Waals surface area (Å²) in [5.41, 5.74) is 0.355. The Morgan fingerprint density at radius 2 is 1.73 bits per heavy atom. The van der Waals surface area contributed by atoms with E-state index in [9.17, 15) is 9.59 Å². The molecule has 146 valence electrons. The average molecular weight is 367 g/mol. The van der Waals surface area contributed by atoms with Gasteiger partial charge in [-0.25, -0.2) is 4.79 Å². The van der Waals surface area contributed by atoms with E-state index in [4.69, 9.17) is 19.3 Å². The van der Waals surface area contributed by atoms with Crippen LogP contribution in [0.15, 0.2) is 30.3 Å². The summed E-state index contributed by atoms with van der Waals surface area (Å²) >= 11 is 0. The van der Waals surface area contributed by atoms with E-state index in [0.29, 0.717) is 19.6 Å². The summed E-state index contributed by atoms with van der Waals surface area (Å²) in [4.78, 5) is 25.2. The zero-order valence-corrected chi connectivity index (χ0v) is 15.8. The van der Waals surface area contributed by atoms with Crippen LogP contribution in [0.3, 0.4) is 0 Å². The number of hydrogen-bond donors (Lipinski definition) is 1. The van der Waals surface area contributed by atoms with E-state index in [1.54, 1.807) is 0 Å². The Balaban J connectivity index is 2.25. The molecule has 0 spiro atoms. The Morgan fingerprint density at radius 1 is 1.04 bits per heavy atom. The highest BCUT2D eigenvalue weighted by Crippen LogP contribution is 2.08. The Labute approximate surface area is 154 Å². The molecule has 0 aliphatic carbocycles. The number of hydrogen-bond acceptors (Lipinski definition) is 7. The molecule has 0 heterocycles. The van der Waals surface area contributed by atoms with Crippen molar-refractivity contribution < 1.29 is 28.9 Å². The SMILES string of the molecule is CC(C)(C)OC(=O)CCN(CCO)CCOC(=O)OCc1ccccc1. The van der Waals surface area contributed by atoms with Crippen LogP contribution in [0, 0.1) is 0 Å². The highest BCUT2D eigenvalue weighted by molar-refractivity contribution is 5.70. The zero-order valence-electron chi connectivity index (χ0n) is 15.8. The van der Waals surface area contributed by atoms with Gasteiger partial charge in [0, 0.05) is 19.6 Å². The fourth-order valence-electron chi connectivity index (χ4n) is 2.14. The smallest absolute Gasteiger partial charge is 0.460 e. The van der Waals surface area contributed by atoms with Crippen LogP contribution in [0.5, 0.6) is 0 Å². The molecule has 26 heavy (non-hydrogen) atoms. The second-order valence-corrected chi connectivity index (χ2v) is 6.77. The van der Waals surface area contributed by atoms with Gasteiger partial charge < -0.3 is 19.3 Å². The number of nitrogens with zero attached hydrogens (tertiary/aromatic N) is 1. The van der Waals surface area contributed by atoms with Crippen molar-refractivity contribution in [3.63, 3.8) is 0 Å². The summed E-state index contributed by atoms with van der Waals surface area (Å²) < 4.78 is 15.3. The lowest BCUT2D eigenvalue weighted by Gasteiger charge is -2.23. The maximum atomic E-state index is 11.8. The largest absolute Gasteiger partial charge is 0.508 e. The van der Waals surface area contributed by atoms with Crippen LogP contribution in [0.1, 0.15) is 32.8 Å². The van der Waals surface area contributed by atoms with E-state index < -0.39 is 11.8 Å². The molecule has 1 aromatic rings. The molecule has 0 bridgehead atoms. The summed E-state index contributed by atoms with van der Waals surface area (Å²) in [5, 5.41) is 9.12. The van der Waals surface area contributed by atoms with E-state index >= 15 is 0 Å². The molecule has 0 saturated heterocycles. The maximum Gasteiger partial charge on any atom is 0.508 e. The third-order valence-corrected chi connectivity index (χ3v) is 3.30. The molecule has 0 aromatic heterocycles. The van der Waals surface area contributed by atoms with Crippen LogP contribution in [0.25, 0.3) is 0 Å². The molecule has 7 nitrogen and oxygen atoms in total. The van der Waals surface area contributed by atoms with E-state index in [1.807, 2.05) is 56.0 Å². The molecule has 1 rings (SSSR count). The van der Waals surface area contributed by atoms with E-state index in [1.165, 1.54) is 0 Å². The van der Waals surface area contributed by atoms with E-state index in [0.717, 1.165) is 5.56 Å². The standard InChI is InChI=1S/C19H29NO6/c1-19(2,3)26-17(22)9-10-20(11-13-21)12-14-24-18(23)25-15-16-7-5-4-6-8-16/h4-8,21H,9-15H2,1-3H3. The Bertz CT molecular complexity index is 541. The Morgan fingerprint density at radius 3 is 2.35 bits per heavy atom. The predicted molar refractivity (Wildman–Crippen MR) is 96.6 cm³/mol. The van der Waals surface area contributed by atoms with Crippen molar-refractivity contribution in [1.29, 1.82) is 0 Å². The van der Waals surface area contributed by atoms with Gasteiger partial charge in [0.05, 0.1) is 13.0 Å². The third kappa shape index (κ3) is 10.7. The third-order valence-electron chi connectivity index (χ3n) is 3.30. The van der Waals surface area contributed by atoms with Gasteiger partial charge in [-0.15, -0.1) is 0 Å². The molecular weight excluding hydrogens is 338 g/mol. The van der Waals surface area contributed by atoms with Gasteiger partial charge >= 0.3 is 12.1 Å². The average Bonchev–Trinajstić information content (AvgIpc) is 2.57. The number of ether oxygens (including phenoxy) is 3. The number of rotatable bonds is 10. The highest BCUT2D eigenvalue weighted by atomic mass is 16.7. The first-order chi connectivity index (χ1) is 12.3. The first-order valence-electron chi connectivity index (χ1n) is 8.68. The van der Waals surface area contributed by atoms with Crippen molar-refractivity contribution in [3.05, 3.63) is 35.9 Å². The summed E-state index contributed by atoms with van der Waals surface area (Å²) in [5.74, 6) is -0.302.